The molecule has 1 aliphatic carbocycles. The second kappa shape index (κ2) is 6.62. The summed E-state index contributed by atoms with van der Waals surface area (Å²) in [7, 11) is 0. The summed E-state index contributed by atoms with van der Waals surface area (Å²) in [6.45, 7) is 6.92. The van der Waals surface area contributed by atoms with Gasteiger partial charge in [0.1, 0.15) is 5.82 Å². The smallest absolute Gasteiger partial charge is 0.224 e. The van der Waals surface area contributed by atoms with Crippen LogP contribution in [0.4, 0.5) is 5.82 Å². The molecule has 2 aliphatic rings. The molecule has 1 amide bonds. The van der Waals surface area contributed by atoms with Crippen molar-refractivity contribution < 1.29 is 4.79 Å². The van der Waals surface area contributed by atoms with Crippen molar-refractivity contribution in [3.05, 3.63) is 30.5 Å². The number of rotatable bonds is 4. The lowest BCUT2D eigenvalue weighted by Gasteiger charge is -2.35. The van der Waals surface area contributed by atoms with E-state index in [0.29, 0.717) is 18.2 Å². The Morgan fingerprint density at radius 1 is 1.20 bits per heavy atom. The molecule has 2 aromatic rings. The predicted molar refractivity (Wildman–Crippen MR) is 99.4 cm³/mol. The number of carbonyl (C=O) groups excluding carboxylic acids is 1. The average molecular weight is 338 g/mol. The van der Waals surface area contributed by atoms with Gasteiger partial charge in [-0.3, -0.25) is 9.78 Å². The highest BCUT2D eigenvalue weighted by Crippen LogP contribution is 2.32. The fourth-order valence-electron chi connectivity index (χ4n) is 3.67. The molecule has 0 radical (unpaired) electrons. The molecular weight excluding hydrogens is 312 g/mol. The molecule has 25 heavy (non-hydrogen) atoms. The molecular formula is C20H26N4O. The summed E-state index contributed by atoms with van der Waals surface area (Å²) in [6, 6.07) is 8.18. The van der Waals surface area contributed by atoms with Crippen molar-refractivity contribution in [1.29, 1.82) is 0 Å². The van der Waals surface area contributed by atoms with Crippen LogP contribution in [-0.4, -0.2) is 46.5 Å². The van der Waals surface area contributed by atoms with Crippen LogP contribution in [0, 0.1) is 11.8 Å². The van der Waals surface area contributed by atoms with E-state index in [4.69, 9.17) is 4.98 Å². The van der Waals surface area contributed by atoms with Crippen LogP contribution < -0.4 is 4.90 Å². The van der Waals surface area contributed by atoms with Crippen LogP contribution in [0.15, 0.2) is 30.5 Å². The van der Waals surface area contributed by atoms with E-state index in [2.05, 4.69) is 28.6 Å². The Morgan fingerprint density at radius 3 is 2.68 bits per heavy atom. The van der Waals surface area contributed by atoms with Crippen molar-refractivity contribution in [2.75, 3.05) is 24.5 Å². The van der Waals surface area contributed by atoms with Crippen molar-refractivity contribution in [1.82, 2.24) is 14.9 Å². The maximum atomic E-state index is 12.7. The van der Waals surface area contributed by atoms with E-state index < -0.39 is 0 Å². The van der Waals surface area contributed by atoms with E-state index in [0.717, 1.165) is 42.4 Å². The van der Waals surface area contributed by atoms with Crippen molar-refractivity contribution in [3.63, 3.8) is 0 Å². The Labute approximate surface area is 149 Å². The molecule has 1 saturated heterocycles. The van der Waals surface area contributed by atoms with Gasteiger partial charge in [0.25, 0.3) is 0 Å². The highest BCUT2D eigenvalue weighted by molar-refractivity contribution is 5.78. The van der Waals surface area contributed by atoms with Crippen LogP contribution >= 0.6 is 0 Å². The molecule has 5 heteroatoms. The number of aromatic nitrogens is 2. The molecule has 1 atom stereocenters. The number of hydrogen-bond acceptors (Lipinski definition) is 4. The summed E-state index contributed by atoms with van der Waals surface area (Å²) in [5.41, 5.74) is 1.82. The molecule has 5 nitrogen and oxygen atoms in total. The summed E-state index contributed by atoms with van der Waals surface area (Å²) >= 11 is 0. The van der Waals surface area contributed by atoms with Gasteiger partial charge in [0.15, 0.2) is 0 Å². The minimum Gasteiger partial charge on any atom is -0.353 e. The van der Waals surface area contributed by atoms with Gasteiger partial charge in [0, 0.05) is 26.1 Å². The molecule has 0 spiro atoms. The number of hydrogen-bond donors (Lipinski definition) is 0. The fourth-order valence-corrected chi connectivity index (χ4v) is 3.67. The van der Waals surface area contributed by atoms with Crippen LogP contribution in [0.5, 0.6) is 0 Å². The first-order valence-corrected chi connectivity index (χ1v) is 9.38. The molecule has 1 aromatic heterocycles. The standard InChI is InChI=1S/C20H26N4O/c1-14(2)18-13-23(10-9-20(25)24(18)12-15-7-8-15)19-11-21-16-5-3-4-6-17(16)22-19/h3-6,11,14-15,18H,7-10,12-13H2,1-2H3/t18-/m0/s1. The first-order chi connectivity index (χ1) is 12.1. The van der Waals surface area contributed by atoms with E-state index >= 15 is 0 Å². The van der Waals surface area contributed by atoms with Gasteiger partial charge in [-0.15, -0.1) is 0 Å². The first-order valence-electron chi connectivity index (χ1n) is 9.38. The molecule has 2 heterocycles. The average Bonchev–Trinajstić information content (AvgIpc) is 3.44. The Morgan fingerprint density at radius 2 is 1.96 bits per heavy atom. The second-order valence-electron chi connectivity index (χ2n) is 7.71. The summed E-state index contributed by atoms with van der Waals surface area (Å²) in [6.07, 6.45) is 4.95. The molecule has 4 rings (SSSR count). The van der Waals surface area contributed by atoms with Crippen molar-refractivity contribution in [3.8, 4) is 0 Å². The Kier molecular flexibility index (Phi) is 4.32. The number of anilines is 1. The van der Waals surface area contributed by atoms with Crippen molar-refractivity contribution in [2.45, 2.75) is 39.2 Å². The normalized spacial score (nSPS) is 21.9. The molecule has 132 valence electrons. The third kappa shape index (κ3) is 3.46. The lowest BCUT2D eigenvalue weighted by molar-refractivity contribution is -0.133. The number of amides is 1. The topological polar surface area (TPSA) is 49.3 Å². The van der Waals surface area contributed by atoms with Gasteiger partial charge < -0.3 is 9.80 Å². The SMILES string of the molecule is CC(C)[C@@H]1CN(c2cnc3ccccc3n2)CCC(=O)N1CC1CC1. The zero-order chi connectivity index (χ0) is 17.4. The second-order valence-corrected chi connectivity index (χ2v) is 7.71. The van der Waals surface area contributed by atoms with E-state index in [1.54, 1.807) is 0 Å². The number of carbonyl (C=O) groups is 1. The first kappa shape index (κ1) is 16.3. The third-order valence-corrected chi connectivity index (χ3v) is 5.40. The Hall–Kier alpha value is -2.17. The van der Waals surface area contributed by atoms with Gasteiger partial charge in [-0.2, -0.15) is 0 Å². The van der Waals surface area contributed by atoms with E-state index in [1.165, 1.54) is 12.8 Å². The van der Waals surface area contributed by atoms with Crippen molar-refractivity contribution in [2.24, 2.45) is 11.8 Å². The lowest BCUT2D eigenvalue weighted by atomic mass is 10.0. The summed E-state index contributed by atoms with van der Waals surface area (Å²) in [4.78, 5) is 26.5. The van der Waals surface area contributed by atoms with E-state index in [9.17, 15) is 4.79 Å². The van der Waals surface area contributed by atoms with E-state index in [1.807, 2.05) is 30.5 Å². The molecule has 0 unspecified atom stereocenters. The molecule has 0 N–H and O–H groups in total. The van der Waals surface area contributed by atoms with Gasteiger partial charge in [0.2, 0.25) is 5.91 Å². The number of para-hydroxylation sites is 2. The maximum absolute atomic E-state index is 12.7. The highest BCUT2D eigenvalue weighted by Gasteiger charge is 2.35. The molecule has 1 aromatic carbocycles. The van der Waals surface area contributed by atoms with Crippen LogP contribution in [0.3, 0.4) is 0 Å². The van der Waals surface area contributed by atoms with Crippen molar-refractivity contribution >= 4 is 22.8 Å². The van der Waals surface area contributed by atoms with E-state index in [-0.39, 0.29) is 6.04 Å². The quantitative estimate of drug-likeness (QED) is 0.859. The van der Waals surface area contributed by atoms with Crippen LogP contribution in [-0.2, 0) is 4.79 Å². The number of benzene rings is 1. The van der Waals surface area contributed by atoms with Gasteiger partial charge in [-0.05, 0) is 36.8 Å². The van der Waals surface area contributed by atoms with Gasteiger partial charge in [0.05, 0.1) is 23.3 Å². The molecule has 2 fully saturated rings. The fraction of sp³-hybridized carbons (Fsp3) is 0.550. The zero-order valence-corrected chi connectivity index (χ0v) is 15.1. The molecule has 1 aliphatic heterocycles. The number of fused-ring (bicyclic) bond motifs is 1. The highest BCUT2D eigenvalue weighted by atomic mass is 16.2. The van der Waals surface area contributed by atoms with Crippen LogP contribution in [0.1, 0.15) is 33.1 Å². The van der Waals surface area contributed by atoms with Gasteiger partial charge in [-0.25, -0.2) is 4.98 Å². The Bertz CT molecular complexity index is 771. The predicted octanol–water partition coefficient (Wildman–Crippen LogP) is 3.10. The summed E-state index contributed by atoms with van der Waals surface area (Å²) in [5.74, 6) is 2.32. The molecule has 0 bridgehead atoms. The monoisotopic (exact) mass is 338 g/mol. The van der Waals surface area contributed by atoms with Gasteiger partial charge >= 0.3 is 0 Å². The minimum atomic E-state index is 0.240. The largest absolute Gasteiger partial charge is 0.353 e. The maximum Gasteiger partial charge on any atom is 0.224 e. The summed E-state index contributed by atoms with van der Waals surface area (Å²) in [5, 5.41) is 0. The number of nitrogens with zero attached hydrogens (tertiary/aromatic N) is 4. The lowest BCUT2D eigenvalue weighted by Crippen LogP contribution is -2.47. The minimum absolute atomic E-state index is 0.240. The summed E-state index contributed by atoms with van der Waals surface area (Å²) < 4.78 is 0. The Balaban J connectivity index is 1.61. The van der Waals surface area contributed by atoms with Crippen LogP contribution in [0.25, 0.3) is 11.0 Å². The van der Waals surface area contributed by atoms with Gasteiger partial charge in [-0.1, -0.05) is 26.0 Å². The zero-order valence-electron chi connectivity index (χ0n) is 15.1. The molecule has 1 saturated carbocycles. The van der Waals surface area contributed by atoms with Crippen LogP contribution in [0.2, 0.25) is 0 Å². The third-order valence-electron chi connectivity index (χ3n) is 5.40.